The van der Waals surface area contributed by atoms with Crippen molar-refractivity contribution in [3.05, 3.63) is 64.7 Å². The number of fused-ring (bicyclic) bond motifs is 1. The van der Waals surface area contributed by atoms with Crippen LogP contribution in [-0.2, 0) is 11.2 Å². The molecule has 2 atom stereocenters. The average Bonchev–Trinajstić information content (AvgIpc) is 3.05. The molecule has 1 saturated heterocycles. The Kier molecular flexibility index (Phi) is 5.52. The summed E-state index contributed by atoms with van der Waals surface area (Å²) in [5, 5.41) is 4.06. The van der Waals surface area contributed by atoms with Gasteiger partial charge in [0.15, 0.2) is 6.10 Å². The number of hydrogen-bond acceptors (Lipinski definition) is 3. The van der Waals surface area contributed by atoms with Gasteiger partial charge in [0.2, 0.25) is 0 Å². The summed E-state index contributed by atoms with van der Waals surface area (Å²) < 4.78 is 5.89. The highest BCUT2D eigenvalue weighted by molar-refractivity contribution is 6.30. The first-order valence-corrected chi connectivity index (χ1v) is 8.61. The fourth-order valence-corrected chi connectivity index (χ4v) is 3.68. The van der Waals surface area contributed by atoms with Crippen LogP contribution in [0.5, 0.6) is 5.75 Å². The van der Waals surface area contributed by atoms with Crippen molar-refractivity contribution >= 4 is 29.9 Å². The lowest BCUT2D eigenvalue weighted by Gasteiger charge is -2.37. The lowest BCUT2D eigenvalue weighted by atomic mass is 10.0. The number of hydrogen-bond donors (Lipinski definition) is 1. The molecule has 0 bridgehead atoms. The van der Waals surface area contributed by atoms with E-state index >= 15 is 0 Å². The number of piperazine rings is 1. The average molecular weight is 379 g/mol. The van der Waals surface area contributed by atoms with Crippen LogP contribution in [0.15, 0.2) is 48.5 Å². The number of carbonyl (C=O) groups is 1. The Morgan fingerprint density at radius 3 is 2.84 bits per heavy atom. The molecule has 2 aliphatic heterocycles. The van der Waals surface area contributed by atoms with Crippen molar-refractivity contribution in [2.45, 2.75) is 18.6 Å². The van der Waals surface area contributed by atoms with E-state index in [4.69, 9.17) is 16.3 Å². The molecule has 2 unspecified atom stereocenters. The van der Waals surface area contributed by atoms with Crippen LogP contribution in [0.1, 0.15) is 17.2 Å². The predicted molar refractivity (Wildman–Crippen MR) is 101 cm³/mol. The largest absolute Gasteiger partial charge is 0.480 e. The summed E-state index contributed by atoms with van der Waals surface area (Å²) in [6.45, 7) is 2.19. The molecule has 0 aromatic heterocycles. The highest BCUT2D eigenvalue weighted by Crippen LogP contribution is 2.31. The number of carbonyl (C=O) groups excluding carboxylic acids is 1. The fourth-order valence-electron chi connectivity index (χ4n) is 3.48. The van der Waals surface area contributed by atoms with E-state index in [0.29, 0.717) is 18.0 Å². The van der Waals surface area contributed by atoms with E-state index in [2.05, 4.69) is 5.32 Å². The maximum Gasteiger partial charge on any atom is 0.264 e. The van der Waals surface area contributed by atoms with Gasteiger partial charge in [-0.15, -0.1) is 12.4 Å². The summed E-state index contributed by atoms with van der Waals surface area (Å²) in [7, 11) is 0. The van der Waals surface area contributed by atoms with Crippen LogP contribution in [0.4, 0.5) is 0 Å². The number of nitrogens with one attached hydrogen (secondary N) is 1. The number of ether oxygens (including phenoxy) is 1. The van der Waals surface area contributed by atoms with Crippen molar-refractivity contribution in [2.24, 2.45) is 0 Å². The third-order valence-electron chi connectivity index (χ3n) is 4.68. The quantitative estimate of drug-likeness (QED) is 0.871. The molecule has 1 N–H and O–H groups in total. The van der Waals surface area contributed by atoms with Gasteiger partial charge in [0.1, 0.15) is 5.75 Å². The van der Waals surface area contributed by atoms with Crippen molar-refractivity contribution in [1.82, 2.24) is 10.2 Å². The van der Waals surface area contributed by atoms with Crippen LogP contribution in [0.25, 0.3) is 0 Å². The Balaban J connectivity index is 0.00000182. The summed E-state index contributed by atoms with van der Waals surface area (Å²) in [6, 6.07) is 15.6. The minimum atomic E-state index is -0.429. The number of rotatable bonds is 2. The van der Waals surface area contributed by atoms with Gasteiger partial charge in [-0.1, -0.05) is 41.9 Å². The number of halogens is 2. The summed E-state index contributed by atoms with van der Waals surface area (Å²) in [5.41, 5.74) is 2.16. The standard InChI is InChI=1S/C19H19ClN2O2.ClH/c20-15-6-3-5-13(10-15)16-12-21-8-9-22(16)19(23)18-11-14-4-1-2-7-17(14)24-18;/h1-7,10,16,18,21H,8-9,11-12H2;1H. The van der Waals surface area contributed by atoms with E-state index in [9.17, 15) is 4.79 Å². The van der Waals surface area contributed by atoms with Crippen molar-refractivity contribution < 1.29 is 9.53 Å². The van der Waals surface area contributed by atoms with Gasteiger partial charge in [-0.3, -0.25) is 4.79 Å². The van der Waals surface area contributed by atoms with Gasteiger partial charge in [0.05, 0.1) is 6.04 Å². The molecule has 0 spiro atoms. The summed E-state index contributed by atoms with van der Waals surface area (Å²) in [4.78, 5) is 15.0. The minimum absolute atomic E-state index is 0. The zero-order valence-corrected chi connectivity index (χ0v) is 15.2. The Hall–Kier alpha value is -1.75. The first-order valence-electron chi connectivity index (χ1n) is 8.23. The summed E-state index contributed by atoms with van der Waals surface area (Å²) in [5.74, 6) is 0.878. The van der Waals surface area contributed by atoms with E-state index in [0.717, 1.165) is 30.0 Å². The minimum Gasteiger partial charge on any atom is -0.480 e. The second-order valence-electron chi connectivity index (χ2n) is 6.22. The van der Waals surface area contributed by atoms with Crippen LogP contribution >= 0.6 is 24.0 Å². The van der Waals surface area contributed by atoms with Crippen LogP contribution in [-0.4, -0.2) is 36.5 Å². The molecule has 4 nitrogen and oxygen atoms in total. The van der Waals surface area contributed by atoms with Crippen LogP contribution in [0.3, 0.4) is 0 Å². The van der Waals surface area contributed by atoms with E-state index in [-0.39, 0.29) is 24.4 Å². The van der Waals surface area contributed by atoms with Gasteiger partial charge in [-0.05, 0) is 29.3 Å². The molecule has 1 amide bonds. The predicted octanol–water partition coefficient (Wildman–Crippen LogP) is 3.24. The van der Waals surface area contributed by atoms with Gasteiger partial charge in [-0.25, -0.2) is 0 Å². The molecule has 0 radical (unpaired) electrons. The topological polar surface area (TPSA) is 41.6 Å². The summed E-state index contributed by atoms with van der Waals surface area (Å²) in [6.07, 6.45) is 0.212. The molecule has 1 fully saturated rings. The zero-order chi connectivity index (χ0) is 16.5. The first kappa shape index (κ1) is 18.1. The molecular formula is C19H20Cl2N2O2. The Bertz CT molecular complexity index is 744. The number of amides is 1. The highest BCUT2D eigenvalue weighted by Gasteiger charge is 2.36. The van der Waals surface area contributed by atoms with Crippen LogP contribution < -0.4 is 10.1 Å². The molecule has 2 aromatic carbocycles. The number of para-hydroxylation sites is 1. The Morgan fingerprint density at radius 2 is 2.04 bits per heavy atom. The molecule has 2 aromatic rings. The molecule has 25 heavy (non-hydrogen) atoms. The van der Waals surface area contributed by atoms with E-state index < -0.39 is 6.10 Å². The molecular weight excluding hydrogens is 359 g/mol. The maximum absolute atomic E-state index is 13.1. The van der Waals surface area contributed by atoms with Crippen molar-refractivity contribution in [1.29, 1.82) is 0 Å². The van der Waals surface area contributed by atoms with Gasteiger partial charge in [-0.2, -0.15) is 0 Å². The molecule has 0 saturated carbocycles. The number of benzene rings is 2. The highest BCUT2D eigenvalue weighted by atomic mass is 35.5. The molecule has 2 heterocycles. The normalized spacial score (nSPS) is 21.9. The van der Waals surface area contributed by atoms with Crippen molar-refractivity contribution in [3.63, 3.8) is 0 Å². The first-order chi connectivity index (χ1) is 11.7. The third kappa shape index (κ3) is 3.61. The zero-order valence-electron chi connectivity index (χ0n) is 13.7. The Labute approximate surface area is 158 Å². The van der Waals surface area contributed by atoms with Crippen LogP contribution in [0, 0.1) is 0 Å². The number of nitrogens with zero attached hydrogens (tertiary/aromatic N) is 1. The third-order valence-corrected chi connectivity index (χ3v) is 4.92. The van der Waals surface area contributed by atoms with Crippen LogP contribution in [0.2, 0.25) is 5.02 Å². The van der Waals surface area contributed by atoms with Gasteiger partial charge in [0.25, 0.3) is 5.91 Å². The van der Waals surface area contributed by atoms with Crippen molar-refractivity contribution in [2.75, 3.05) is 19.6 Å². The molecule has 6 heteroatoms. The lowest BCUT2D eigenvalue weighted by molar-refractivity contribution is -0.141. The van der Waals surface area contributed by atoms with Gasteiger partial charge >= 0.3 is 0 Å². The summed E-state index contributed by atoms with van der Waals surface area (Å²) >= 11 is 6.13. The second kappa shape index (κ2) is 7.65. The molecule has 0 aliphatic carbocycles. The monoisotopic (exact) mass is 378 g/mol. The molecule has 132 valence electrons. The maximum atomic E-state index is 13.1. The van der Waals surface area contributed by atoms with Gasteiger partial charge < -0.3 is 15.0 Å². The fraction of sp³-hybridized carbons (Fsp3) is 0.316. The molecule has 2 aliphatic rings. The van der Waals surface area contributed by atoms with E-state index in [1.54, 1.807) is 0 Å². The smallest absolute Gasteiger partial charge is 0.264 e. The van der Waals surface area contributed by atoms with Gasteiger partial charge in [0, 0.05) is 31.1 Å². The Morgan fingerprint density at radius 1 is 1.20 bits per heavy atom. The lowest BCUT2D eigenvalue weighted by Crippen LogP contribution is -2.52. The second-order valence-corrected chi connectivity index (χ2v) is 6.66. The molecule has 4 rings (SSSR count). The SMILES string of the molecule is Cl.O=C(C1Cc2ccccc2O1)N1CCNCC1c1cccc(Cl)c1. The van der Waals surface area contributed by atoms with Crippen molar-refractivity contribution in [3.8, 4) is 5.75 Å². The van der Waals surface area contributed by atoms with E-state index in [1.165, 1.54) is 0 Å². The van der Waals surface area contributed by atoms with E-state index in [1.807, 2.05) is 53.4 Å².